The summed E-state index contributed by atoms with van der Waals surface area (Å²) in [5.74, 6) is 0.686. The Kier molecular flexibility index (Phi) is 4.74. The summed E-state index contributed by atoms with van der Waals surface area (Å²) in [4.78, 5) is 1.33. The Balaban J connectivity index is 1.91. The van der Waals surface area contributed by atoms with E-state index < -0.39 is 10.0 Å². The van der Waals surface area contributed by atoms with E-state index in [-0.39, 0.29) is 6.04 Å². The third kappa shape index (κ3) is 3.37. The summed E-state index contributed by atoms with van der Waals surface area (Å²) >= 11 is 1.71. The van der Waals surface area contributed by atoms with E-state index >= 15 is 0 Å². The molecule has 27 heavy (non-hydrogen) atoms. The highest BCUT2D eigenvalue weighted by Gasteiger charge is 2.37. The topological polar surface area (TPSA) is 37.4 Å². The molecule has 138 valence electrons. The first-order valence-corrected chi connectivity index (χ1v) is 11.3. The molecular formula is C22H21NO2S2. The molecule has 3 aromatic carbocycles. The van der Waals surface area contributed by atoms with Gasteiger partial charge in [-0.1, -0.05) is 54.1 Å². The Morgan fingerprint density at radius 2 is 1.56 bits per heavy atom. The molecule has 0 radical (unpaired) electrons. The number of benzene rings is 3. The average Bonchev–Trinajstić information content (AvgIpc) is 2.68. The second-order valence-electron chi connectivity index (χ2n) is 6.82. The molecule has 3 aromatic rings. The van der Waals surface area contributed by atoms with E-state index in [2.05, 4.69) is 0 Å². The third-order valence-corrected chi connectivity index (χ3v) is 7.77. The largest absolute Gasteiger partial charge is 0.264 e. The molecule has 1 aliphatic heterocycles. The lowest BCUT2D eigenvalue weighted by Gasteiger charge is -2.38. The molecule has 0 bridgehead atoms. The Hall–Kier alpha value is -2.24. The quantitative estimate of drug-likeness (QED) is 0.600. The molecular weight excluding hydrogens is 374 g/mol. The van der Waals surface area contributed by atoms with Gasteiger partial charge >= 0.3 is 0 Å². The van der Waals surface area contributed by atoms with Gasteiger partial charge in [0.15, 0.2) is 0 Å². The van der Waals surface area contributed by atoms with Crippen LogP contribution in [0.1, 0.15) is 22.7 Å². The van der Waals surface area contributed by atoms with Crippen LogP contribution in [0.15, 0.2) is 82.6 Å². The molecule has 1 aliphatic rings. The van der Waals surface area contributed by atoms with Crippen molar-refractivity contribution in [3.05, 3.63) is 89.5 Å². The summed E-state index contributed by atoms with van der Waals surface area (Å²) in [6.45, 7) is 3.95. The Labute approximate surface area is 165 Å². The monoisotopic (exact) mass is 395 g/mol. The summed E-state index contributed by atoms with van der Waals surface area (Å²) in [6, 6.07) is 22.8. The van der Waals surface area contributed by atoms with Crippen LogP contribution in [-0.4, -0.2) is 14.2 Å². The maximum atomic E-state index is 13.7. The van der Waals surface area contributed by atoms with Gasteiger partial charge in [-0.3, -0.25) is 4.31 Å². The van der Waals surface area contributed by atoms with Crippen molar-refractivity contribution >= 4 is 27.5 Å². The minimum absolute atomic E-state index is 0.239. The lowest BCUT2D eigenvalue weighted by molar-refractivity contribution is 0.582. The molecule has 0 aromatic heterocycles. The summed E-state index contributed by atoms with van der Waals surface area (Å²) in [6.07, 6.45) is 0. The van der Waals surface area contributed by atoms with E-state index in [1.54, 1.807) is 28.2 Å². The average molecular weight is 396 g/mol. The van der Waals surface area contributed by atoms with Crippen molar-refractivity contribution in [2.24, 2.45) is 0 Å². The van der Waals surface area contributed by atoms with Crippen molar-refractivity contribution in [3.63, 3.8) is 0 Å². The molecule has 0 saturated carbocycles. The third-order valence-electron chi connectivity index (χ3n) is 4.79. The van der Waals surface area contributed by atoms with Crippen LogP contribution in [0.25, 0.3) is 0 Å². The van der Waals surface area contributed by atoms with Crippen molar-refractivity contribution in [3.8, 4) is 0 Å². The lowest BCUT2D eigenvalue weighted by Crippen LogP contribution is -2.38. The normalized spacial score (nSPS) is 16.8. The van der Waals surface area contributed by atoms with Gasteiger partial charge in [0.25, 0.3) is 10.0 Å². The van der Waals surface area contributed by atoms with Gasteiger partial charge in [0.1, 0.15) is 0 Å². The number of hydrogen-bond acceptors (Lipinski definition) is 3. The summed E-state index contributed by atoms with van der Waals surface area (Å²) in [7, 11) is -3.69. The number of nitrogens with zero attached hydrogens (tertiary/aromatic N) is 1. The molecule has 5 heteroatoms. The first kappa shape index (κ1) is 18.1. The van der Waals surface area contributed by atoms with Crippen molar-refractivity contribution < 1.29 is 8.42 Å². The summed E-state index contributed by atoms with van der Waals surface area (Å²) in [5, 5.41) is 0. The zero-order chi connectivity index (χ0) is 19.0. The first-order valence-electron chi connectivity index (χ1n) is 8.86. The van der Waals surface area contributed by atoms with Gasteiger partial charge in [-0.2, -0.15) is 0 Å². The van der Waals surface area contributed by atoms with Gasteiger partial charge in [-0.25, -0.2) is 8.42 Å². The van der Waals surface area contributed by atoms with E-state index in [0.717, 1.165) is 27.3 Å². The molecule has 0 aliphatic carbocycles. The number of aryl methyl sites for hydroxylation is 2. The van der Waals surface area contributed by atoms with E-state index in [1.807, 2.05) is 74.5 Å². The molecule has 0 spiro atoms. The van der Waals surface area contributed by atoms with Gasteiger partial charge < -0.3 is 0 Å². The second kappa shape index (κ2) is 7.06. The minimum Gasteiger partial charge on any atom is -0.257 e. The Morgan fingerprint density at radius 3 is 2.26 bits per heavy atom. The van der Waals surface area contributed by atoms with Crippen LogP contribution in [0, 0.1) is 13.8 Å². The molecule has 1 heterocycles. The van der Waals surface area contributed by atoms with Crippen LogP contribution in [0.3, 0.4) is 0 Å². The molecule has 0 amide bonds. The van der Waals surface area contributed by atoms with Gasteiger partial charge in [0, 0.05) is 10.6 Å². The Bertz CT molecular complexity index is 1060. The smallest absolute Gasteiger partial charge is 0.257 e. The molecule has 1 unspecified atom stereocenters. The van der Waals surface area contributed by atoms with E-state index in [1.165, 1.54) is 0 Å². The number of hydrogen-bond donors (Lipinski definition) is 0. The van der Waals surface area contributed by atoms with Gasteiger partial charge in [-0.05, 0) is 49.2 Å². The van der Waals surface area contributed by atoms with Crippen molar-refractivity contribution in [1.29, 1.82) is 0 Å². The van der Waals surface area contributed by atoms with Crippen LogP contribution in [0.2, 0.25) is 0 Å². The van der Waals surface area contributed by atoms with Crippen LogP contribution in [-0.2, 0) is 10.0 Å². The van der Waals surface area contributed by atoms with E-state index in [4.69, 9.17) is 0 Å². The second-order valence-corrected chi connectivity index (χ2v) is 9.70. The highest BCUT2D eigenvalue weighted by atomic mass is 32.2. The molecule has 1 atom stereocenters. The molecule has 0 N–H and O–H groups in total. The van der Waals surface area contributed by atoms with Crippen LogP contribution in [0.4, 0.5) is 5.69 Å². The minimum atomic E-state index is -3.69. The number of fused-ring (bicyclic) bond motifs is 1. The zero-order valence-corrected chi connectivity index (χ0v) is 16.9. The highest BCUT2D eigenvalue weighted by Crippen LogP contribution is 2.46. The standard InChI is InChI=1S/C22H21NO2S2/c1-16-8-11-19(12-9-16)27(24,25)23-20-14-17(2)10-13-22(20)26-15-21(23)18-6-4-3-5-7-18/h3-14,21H,15H2,1-2H3. The fourth-order valence-electron chi connectivity index (χ4n) is 3.35. The van der Waals surface area contributed by atoms with Crippen molar-refractivity contribution in [2.45, 2.75) is 29.7 Å². The fourth-order valence-corrected chi connectivity index (χ4v) is 6.30. The van der Waals surface area contributed by atoms with Crippen LogP contribution in [0.5, 0.6) is 0 Å². The fraction of sp³-hybridized carbons (Fsp3) is 0.182. The van der Waals surface area contributed by atoms with Crippen LogP contribution < -0.4 is 4.31 Å². The number of thioether (sulfide) groups is 1. The predicted octanol–water partition coefficient (Wildman–Crippen LogP) is 5.35. The molecule has 4 rings (SSSR count). The van der Waals surface area contributed by atoms with E-state index in [0.29, 0.717) is 10.6 Å². The number of anilines is 1. The van der Waals surface area contributed by atoms with Gasteiger partial charge in [0.05, 0.1) is 16.6 Å². The number of sulfonamides is 1. The molecule has 0 saturated heterocycles. The summed E-state index contributed by atoms with van der Waals surface area (Å²) in [5.41, 5.74) is 3.86. The Morgan fingerprint density at radius 1 is 0.889 bits per heavy atom. The maximum Gasteiger partial charge on any atom is 0.264 e. The SMILES string of the molecule is Cc1ccc(S(=O)(=O)N2c3cc(C)ccc3SCC2c2ccccc2)cc1. The van der Waals surface area contributed by atoms with Crippen LogP contribution >= 0.6 is 11.8 Å². The summed E-state index contributed by atoms with van der Waals surface area (Å²) < 4.78 is 29.0. The van der Waals surface area contributed by atoms with E-state index in [9.17, 15) is 8.42 Å². The highest BCUT2D eigenvalue weighted by molar-refractivity contribution is 8.00. The van der Waals surface area contributed by atoms with Crippen molar-refractivity contribution in [1.82, 2.24) is 0 Å². The maximum absolute atomic E-state index is 13.7. The molecule has 0 fully saturated rings. The zero-order valence-electron chi connectivity index (χ0n) is 15.3. The lowest BCUT2D eigenvalue weighted by atomic mass is 10.1. The van der Waals surface area contributed by atoms with Gasteiger partial charge in [-0.15, -0.1) is 11.8 Å². The molecule has 3 nitrogen and oxygen atoms in total. The first-order chi connectivity index (χ1) is 13.0. The van der Waals surface area contributed by atoms with Gasteiger partial charge in [0.2, 0.25) is 0 Å². The predicted molar refractivity (Wildman–Crippen MR) is 112 cm³/mol. The number of rotatable bonds is 3. The van der Waals surface area contributed by atoms with Crippen molar-refractivity contribution in [2.75, 3.05) is 10.1 Å².